The van der Waals surface area contributed by atoms with Gasteiger partial charge in [0.2, 0.25) is 0 Å². The van der Waals surface area contributed by atoms with Crippen LogP contribution in [0.3, 0.4) is 0 Å². The molecule has 4 nitrogen and oxygen atoms in total. The Bertz CT molecular complexity index is 766. The van der Waals surface area contributed by atoms with E-state index >= 15 is 0 Å². The number of anilines is 1. The molecule has 3 aromatic rings. The average molecular weight is 298 g/mol. The molecule has 1 aromatic carbocycles. The third-order valence-corrected chi connectivity index (χ3v) is 4.31. The first-order valence-electron chi connectivity index (χ1n) is 6.88. The Kier molecular flexibility index (Phi) is 3.86. The first kappa shape index (κ1) is 14.0. The number of pyridine rings is 1. The number of thiazole rings is 1. The number of rotatable bonds is 4. The molecule has 0 aliphatic rings. The fraction of sp³-hybridized carbons (Fsp3) is 0.250. The zero-order valence-electron chi connectivity index (χ0n) is 12.2. The van der Waals surface area contributed by atoms with E-state index in [2.05, 4.69) is 33.4 Å². The van der Waals surface area contributed by atoms with Crippen molar-refractivity contribution in [3.05, 3.63) is 52.1 Å². The Morgan fingerprint density at radius 3 is 2.81 bits per heavy atom. The van der Waals surface area contributed by atoms with Gasteiger partial charge in [0, 0.05) is 36.1 Å². The molecule has 3 rings (SSSR count). The number of hydrogen-bond donors (Lipinski definition) is 1. The number of nitrogens with zero attached hydrogens (tertiary/aromatic N) is 3. The van der Waals surface area contributed by atoms with E-state index in [1.165, 1.54) is 0 Å². The van der Waals surface area contributed by atoms with Crippen molar-refractivity contribution in [2.45, 2.75) is 20.0 Å². The van der Waals surface area contributed by atoms with Crippen LogP contribution < -0.4 is 10.6 Å². The number of benzene rings is 1. The van der Waals surface area contributed by atoms with Crippen LogP contribution in [-0.2, 0) is 13.1 Å². The van der Waals surface area contributed by atoms with Gasteiger partial charge in [-0.2, -0.15) is 0 Å². The molecule has 0 atom stereocenters. The lowest BCUT2D eigenvalue weighted by atomic mass is 10.1. The average Bonchev–Trinajstić information content (AvgIpc) is 2.90. The highest BCUT2D eigenvalue weighted by Crippen LogP contribution is 2.29. The Morgan fingerprint density at radius 1 is 1.29 bits per heavy atom. The summed E-state index contributed by atoms with van der Waals surface area (Å²) in [5, 5.41) is 4.34. The van der Waals surface area contributed by atoms with Crippen LogP contribution in [0.15, 0.2) is 35.8 Å². The van der Waals surface area contributed by atoms with Crippen LogP contribution >= 0.6 is 11.3 Å². The normalized spacial score (nSPS) is 11.0. The van der Waals surface area contributed by atoms with Crippen LogP contribution in [0.1, 0.15) is 16.3 Å². The molecule has 0 spiro atoms. The van der Waals surface area contributed by atoms with Crippen LogP contribution in [0.2, 0.25) is 0 Å². The summed E-state index contributed by atoms with van der Waals surface area (Å²) in [6.07, 6.45) is 1.88. The maximum atomic E-state index is 5.90. The Hall–Kier alpha value is -1.98. The Labute approximate surface area is 128 Å². The SMILES string of the molecule is Cc1nc(CN(C)c2c(CN)cnc3ccccc23)cs1. The molecular formula is C16H18N4S. The number of hydrogen-bond acceptors (Lipinski definition) is 5. The van der Waals surface area contributed by atoms with Gasteiger partial charge in [0.15, 0.2) is 0 Å². The molecule has 0 saturated carbocycles. The molecule has 0 saturated heterocycles. The number of fused-ring (bicyclic) bond motifs is 1. The molecule has 21 heavy (non-hydrogen) atoms. The van der Waals surface area contributed by atoms with E-state index in [-0.39, 0.29) is 0 Å². The molecule has 5 heteroatoms. The van der Waals surface area contributed by atoms with Gasteiger partial charge in [-0.3, -0.25) is 4.98 Å². The minimum atomic E-state index is 0.480. The van der Waals surface area contributed by atoms with E-state index < -0.39 is 0 Å². The van der Waals surface area contributed by atoms with Crippen LogP contribution in [-0.4, -0.2) is 17.0 Å². The molecule has 2 heterocycles. The maximum absolute atomic E-state index is 5.90. The first-order valence-corrected chi connectivity index (χ1v) is 7.76. The quantitative estimate of drug-likeness (QED) is 0.804. The fourth-order valence-electron chi connectivity index (χ4n) is 2.57. The van der Waals surface area contributed by atoms with Gasteiger partial charge in [0.25, 0.3) is 0 Å². The van der Waals surface area contributed by atoms with Crippen molar-refractivity contribution in [2.75, 3.05) is 11.9 Å². The molecule has 108 valence electrons. The zero-order valence-corrected chi connectivity index (χ0v) is 13.0. The van der Waals surface area contributed by atoms with Crippen molar-refractivity contribution in [1.82, 2.24) is 9.97 Å². The lowest BCUT2D eigenvalue weighted by molar-refractivity contribution is 0.879. The highest BCUT2D eigenvalue weighted by molar-refractivity contribution is 7.09. The summed E-state index contributed by atoms with van der Waals surface area (Å²) < 4.78 is 0. The van der Waals surface area contributed by atoms with Crippen LogP contribution in [0.25, 0.3) is 10.9 Å². The maximum Gasteiger partial charge on any atom is 0.0898 e. The van der Waals surface area contributed by atoms with Crippen molar-refractivity contribution < 1.29 is 0 Å². The second-order valence-electron chi connectivity index (χ2n) is 5.07. The Morgan fingerprint density at radius 2 is 2.10 bits per heavy atom. The van der Waals surface area contributed by atoms with Gasteiger partial charge < -0.3 is 10.6 Å². The summed E-state index contributed by atoms with van der Waals surface area (Å²) in [6, 6.07) is 8.17. The van der Waals surface area contributed by atoms with Crippen LogP contribution in [0.5, 0.6) is 0 Å². The van der Waals surface area contributed by atoms with Gasteiger partial charge in [-0.25, -0.2) is 4.98 Å². The number of nitrogens with two attached hydrogens (primary N) is 1. The summed E-state index contributed by atoms with van der Waals surface area (Å²) in [7, 11) is 2.08. The monoisotopic (exact) mass is 298 g/mol. The topological polar surface area (TPSA) is 55.0 Å². The van der Waals surface area contributed by atoms with Gasteiger partial charge in [-0.15, -0.1) is 11.3 Å². The van der Waals surface area contributed by atoms with Gasteiger partial charge >= 0.3 is 0 Å². The molecule has 0 aliphatic heterocycles. The van der Waals surface area contributed by atoms with Crippen molar-refractivity contribution in [2.24, 2.45) is 5.73 Å². The number of aryl methyl sites for hydroxylation is 1. The molecule has 2 aromatic heterocycles. The molecule has 0 unspecified atom stereocenters. The molecule has 0 fully saturated rings. The van der Waals surface area contributed by atoms with E-state index in [0.29, 0.717) is 6.54 Å². The van der Waals surface area contributed by atoms with Crippen molar-refractivity contribution in [3.8, 4) is 0 Å². The van der Waals surface area contributed by atoms with E-state index in [1.54, 1.807) is 11.3 Å². The largest absolute Gasteiger partial charge is 0.368 e. The smallest absolute Gasteiger partial charge is 0.0898 e. The summed E-state index contributed by atoms with van der Waals surface area (Å²) >= 11 is 1.68. The van der Waals surface area contributed by atoms with Crippen LogP contribution in [0.4, 0.5) is 5.69 Å². The molecule has 0 amide bonds. The summed E-state index contributed by atoms with van der Waals surface area (Å²) in [5.41, 5.74) is 10.2. The second-order valence-corrected chi connectivity index (χ2v) is 6.13. The zero-order chi connectivity index (χ0) is 14.8. The molecule has 2 N–H and O–H groups in total. The van der Waals surface area contributed by atoms with Gasteiger partial charge in [-0.1, -0.05) is 18.2 Å². The summed E-state index contributed by atoms with van der Waals surface area (Å²) in [6.45, 7) is 3.28. The third-order valence-electron chi connectivity index (χ3n) is 3.49. The van der Waals surface area contributed by atoms with Gasteiger partial charge in [0.1, 0.15) is 0 Å². The van der Waals surface area contributed by atoms with Gasteiger partial charge in [0.05, 0.1) is 28.5 Å². The van der Waals surface area contributed by atoms with E-state index in [4.69, 9.17) is 5.73 Å². The van der Waals surface area contributed by atoms with Crippen molar-refractivity contribution in [3.63, 3.8) is 0 Å². The first-order chi connectivity index (χ1) is 10.2. The minimum Gasteiger partial charge on any atom is -0.368 e. The standard InChI is InChI=1S/C16H18N4S/c1-11-19-13(10-21-11)9-20(2)16-12(7-17)8-18-15-6-4-3-5-14(15)16/h3-6,8,10H,7,9,17H2,1-2H3. The van der Waals surface area contributed by atoms with Crippen molar-refractivity contribution >= 4 is 27.9 Å². The predicted molar refractivity (Wildman–Crippen MR) is 88.6 cm³/mol. The highest BCUT2D eigenvalue weighted by atomic mass is 32.1. The Balaban J connectivity index is 2.04. The van der Waals surface area contributed by atoms with Crippen LogP contribution in [0, 0.1) is 6.92 Å². The van der Waals surface area contributed by atoms with Crippen molar-refractivity contribution in [1.29, 1.82) is 0 Å². The highest BCUT2D eigenvalue weighted by Gasteiger charge is 2.13. The lowest BCUT2D eigenvalue weighted by Gasteiger charge is -2.23. The van der Waals surface area contributed by atoms with E-state index in [1.807, 2.05) is 31.3 Å². The fourth-order valence-corrected chi connectivity index (χ4v) is 3.17. The second kappa shape index (κ2) is 5.79. The number of aromatic nitrogens is 2. The number of para-hydroxylation sites is 1. The van der Waals surface area contributed by atoms with E-state index in [9.17, 15) is 0 Å². The molecule has 0 radical (unpaired) electrons. The van der Waals surface area contributed by atoms with Gasteiger partial charge in [-0.05, 0) is 13.0 Å². The molecule has 0 bridgehead atoms. The third kappa shape index (κ3) is 2.75. The molecule has 0 aliphatic carbocycles. The predicted octanol–water partition coefficient (Wildman–Crippen LogP) is 3.09. The summed E-state index contributed by atoms with van der Waals surface area (Å²) in [5.74, 6) is 0. The lowest BCUT2D eigenvalue weighted by Crippen LogP contribution is -2.20. The molecular weight excluding hydrogens is 280 g/mol. The minimum absolute atomic E-state index is 0.480. The summed E-state index contributed by atoms with van der Waals surface area (Å²) in [4.78, 5) is 11.2. The van der Waals surface area contributed by atoms with E-state index in [0.717, 1.165) is 39.4 Å².